The Hall–Kier alpha value is -1.20. The maximum Gasteiger partial charge on any atom is 0.155 e. The van der Waals surface area contributed by atoms with Crippen LogP contribution in [0.15, 0.2) is 42.5 Å². The summed E-state index contributed by atoms with van der Waals surface area (Å²) in [5.74, 6) is 0.121. The first-order valence-corrected chi connectivity index (χ1v) is 8.05. The molecule has 2 aliphatic rings. The van der Waals surface area contributed by atoms with E-state index in [0.29, 0.717) is 19.3 Å². The Morgan fingerprint density at radius 1 is 1.18 bits per heavy atom. The van der Waals surface area contributed by atoms with Crippen molar-refractivity contribution in [1.29, 1.82) is 0 Å². The second-order valence-electron chi connectivity index (χ2n) is 6.39. The molecule has 0 aromatic heterocycles. The van der Waals surface area contributed by atoms with Crippen molar-refractivity contribution in [2.45, 2.75) is 50.3 Å². The number of hydrogen-bond acceptors (Lipinski definition) is 4. The van der Waals surface area contributed by atoms with Gasteiger partial charge in [0.15, 0.2) is 6.29 Å². The van der Waals surface area contributed by atoms with Gasteiger partial charge in [-0.2, -0.15) is 0 Å². The van der Waals surface area contributed by atoms with Crippen LogP contribution in [0.25, 0.3) is 0 Å². The van der Waals surface area contributed by atoms with Crippen molar-refractivity contribution < 1.29 is 20.1 Å². The zero-order valence-corrected chi connectivity index (χ0v) is 12.6. The van der Waals surface area contributed by atoms with E-state index in [1.165, 1.54) is 5.56 Å². The molecule has 1 aromatic carbocycles. The molecule has 3 rings (SSSR count). The number of benzene rings is 1. The number of rotatable bonds is 5. The Balaban J connectivity index is 1.52. The first kappa shape index (κ1) is 15.7. The Morgan fingerprint density at radius 3 is 2.73 bits per heavy atom. The van der Waals surface area contributed by atoms with E-state index in [-0.39, 0.29) is 17.9 Å². The number of hydrogen-bond donors (Lipinski definition) is 3. The molecule has 120 valence electrons. The first-order chi connectivity index (χ1) is 10.6. The van der Waals surface area contributed by atoms with E-state index in [4.69, 9.17) is 4.74 Å². The van der Waals surface area contributed by atoms with Crippen LogP contribution in [0.4, 0.5) is 0 Å². The molecule has 22 heavy (non-hydrogen) atoms. The van der Waals surface area contributed by atoms with Gasteiger partial charge in [-0.15, -0.1) is 0 Å². The highest BCUT2D eigenvalue weighted by atomic mass is 16.6. The summed E-state index contributed by atoms with van der Waals surface area (Å²) < 4.78 is 5.40. The summed E-state index contributed by atoms with van der Waals surface area (Å²) in [5, 5.41) is 29.8. The van der Waals surface area contributed by atoms with Crippen molar-refractivity contribution in [3.8, 4) is 0 Å². The van der Waals surface area contributed by atoms with E-state index in [2.05, 4.69) is 12.1 Å². The largest absolute Gasteiger partial charge is 0.392 e. The molecule has 1 aliphatic carbocycles. The lowest BCUT2D eigenvalue weighted by molar-refractivity contribution is -0.0949. The van der Waals surface area contributed by atoms with Crippen LogP contribution in [-0.2, 0) is 11.2 Å². The lowest BCUT2D eigenvalue weighted by Crippen LogP contribution is -2.19. The Bertz CT molecular complexity index is 501. The van der Waals surface area contributed by atoms with E-state index in [9.17, 15) is 15.3 Å². The summed E-state index contributed by atoms with van der Waals surface area (Å²) in [6, 6.07) is 10.1. The minimum atomic E-state index is -0.707. The number of aryl methyl sites for hydroxylation is 1. The van der Waals surface area contributed by atoms with Crippen LogP contribution in [0.2, 0.25) is 0 Å². The van der Waals surface area contributed by atoms with Gasteiger partial charge in [0, 0.05) is 18.8 Å². The summed E-state index contributed by atoms with van der Waals surface area (Å²) in [6.07, 6.45) is 4.59. The molecule has 2 fully saturated rings. The van der Waals surface area contributed by atoms with Crippen LogP contribution >= 0.6 is 0 Å². The third kappa shape index (κ3) is 3.58. The van der Waals surface area contributed by atoms with Crippen molar-refractivity contribution in [1.82, 2.24) is 0 Å². The Kier molecular flexibility index (Phi) is 4.93. The number of ether oxygens (including phenoxy) is 1. The van der Waals surface area contributed by atoms with Crippen molar-refractivity contribution in [2.75, 3.05) is 0 Å². The topological polar surface area (TPSA) is 69.9 Å². The van der Waals surface area contributed by atoms with E-state index in [1.807, 2.05) is 24.3 Å². The molecule has 0 amide bonds. The third-order valence-electron chi connectivity index (χ3n) is 4.82. The van der Waals surface area contributed by atoms with E-state index in [1.54, 1.807) is 6.08 Å². The molecular formula is C18H24O4. The SMILES string of the molecule is OC(C=C[C@H]1C(O)CC2OC(O)CC21)CCc1ccccc1. The van der Waals surface area contributed by atoms with Gasteiger partial charge in [-0.1, -0.05) is 42.5 Å². The van der Waals surface area contributed by atoms with Gasteiger partial charge in [0.05, 0.1) is 18.3 Å². The van der Waals surface area contributed by atoms with Gasteiger partial charge in [0.25, 0.3) is 0 Å². The van der Waals surface area contributed by atoms with Gasteiger partial charge < -0.3 is 20.1 Å². The molecule has 4 heteroatoms. The van der Waals surface area contributed by atoms with Crippen LogP contribution < -0.4 is 0 Å². The molecule has 1 saturated heterocycles. The molecular weight excluding hydrogens is 280 g/mol. The zero-order valence-electron chi connectivity index (χ0n) is 12.6. The molecule has 1 aliphatic heterocycles. The fourth-order valence-corrected chi connectivity index (χ4v) is 3.64. The highest BCUT2D eigenvalue weighted by Crippen LogP contribution is 2.43. The molecule has 1 heterocycles. The molecule has 1 aromatic rings. The summed E-state index contributed by atoms with van der Waals surface area (Å²) in [7, 11) is 0. The van der Waals surface area contributed by atoms with Crippen LogP contribution in [-0.4, -0.2) is 39.9 Å². The van der Waals surface area contributed by atoms with Gasteiger partial charge in [-0.3, -0.25) is 0 Å². The van der Waals surface area contributed by atoms with Crippen LogP contribution in [0.5, 0.6) is 0 Å². The third-order valence-corrected chi connectivity index (χ3v) is 4.82. The lowest BCUT2D eigenvalue weighted by Gasteiger charge is -2.16. The Labute approximate surface area is 131 Å². The maximum atomic E-state index is 10.1. The van der Waals surface area contributed by atoms with Gasteiger partial charge in [-0.05, 0) is 24.3 Å². The Morgan fingerprint density at radius 2 is 1.95 bits per heavy atom. The molecule has 6 atom stereocenters. The first-order valence-electron chi connectivity index (χ1n) is 8.05. The molecule has 1 saturated carbocycles. The summed E-state index contributed by atoms with van der Waals surface area (Å²) >= 11 is 0. The van der Waals surface area contributed by atoms with E-state index < -0.39 is 18.5 Å². The van der Waals surface area contributed by atoms with Crippen LogP contribution in [0.1, 0.15) is 24.8 Å². The number of aliphatic hydroxyl groups excluding tert-OH is 3. The quantitative estimate of drug-likeness (QED) is 0.723. The summed E-state index contributed by atoms with van der Waals surface area (Å²) in [6.45, 7) is 0. The molecule has 5 unspecified atom stereocenters. The summed E-state index contributed by atoms with van der Waals surface area (Å²) in [5.41, 5.74) is 1.21. The van der Waals surface area contributed by atoms with Gasteiger partial charge in [0.2, 0.25) is 0 Å². The average molecular weight is 304 g/mol. The minimum Gasteiger partial charge on any atom is -0.392 e. The maximum absolute atomic E-state index is 10.1. The number of aliphatic hydroxyl groups is 3. The van der Waals surface area contributed by atoms with Gasteiger partial charge in [0.1, 0.15) is 0 Å². The zero-order chi connectivity index (χ0) is 15.5. The predicted octanol–water partition coefficient (Wildman–Crippen LogP) is 1.64. The smallest absolute Gasteiger partial charge is 0.155 e. The molecule has 0 radical (unpaired) electrons. The van der Waals surface area contributed by atoms with E-state index >= 15 is 0 Å². The highest BCUT2D eigenvalue weighted by molar-refractivity contribution is 5.15. The van der Waals surface area contributed by atoms with E-state index in [0.717, 1.165) is 6.42 Å². The second-order valence-corrected chi connectivity index (χ2v) is 6.39. The highest BCUT2D eigenvalue weighted by Gasteiger charge is 2.47. The van der Waals surface area contributed by atoms with Gasteiger partial charge in [-0.25, -0.2) is 0 Å². The van der Waals surface area contributed by atoms with Crippen molar-refractivity contribution in [3.63, 3.8) is 0 Å². The molecule has 3 N–H and O–H groups in total. The van der Waals surface area contributed by atoms with Crippen molar-refractivity contribution >= 4 is 0 Å². The lowest BCUT2D eigenvalue weighted by atomic mass is 9.91. The minimum absolute atomic E-state index is 0.0338. The predicted molar refractivity (Wildman–Crippen MR) is 83.0 cm³/mol. The number of fused-ring (bicyclic) bond motifs is 1. The van der Waals surface area contributed by atoms with Crippen LogP contribution in [0.3, 0.4) is 0 Å². The molecule has 4 nitrogen and oxygen atoms in total. The van der Waals surface area contributed by atoms with Gasteiger partial charge >= 0.3 is 0 Å². The average Bonchev–Trinajstić information content (AvgIpc) is 2.99. The summed E-state index contributed by atoms with van der Waals surface area (Å²) in [4.78, 5) is 0. The molecule has 0 bridgehead atoms. The molecule has 0 spiro atoms. The fraction of sp³-hybridized carbons (Fsp3) is 0.556. The van der Waals surface area contributed by atoms with Crippen molar-refractivity contribution in [3.05, 3.63) is 48.0 Å². The van der Waals surface area contributed by atoms with Crippen molar-refractivity contribution in [2.24, 2.45) is 11.8 Å². The second kappa shape index (κ2) is 6.92. The standard InChI is InChI=1S/C18H24O4/c19-13(7-6-12-4-2-1-3-5-12)8-9-14-15-10-18(21)22-17(15)11-16(14)20/h1-5,8-9,13-21H,6-7,10-11H2/t13?,14-,15?,16?,17?,18?/m1/s1. The monoisotopic (exact) mass is 304 g/mol. The van der Waals surface area contributed by atoms with Crippen LogP contribution in [0, 0.1) is 11.8 Å². The normalized spacial score (nSPS) is 35.9. The fourth-order valence-electron chi connectivity index (χ4n) is 3.64.